The third kappa shape index (κ3) is 6.13. The Morgan fingerprint density at radius 2 is 1.84 bits per heavy atom. The van der Waals surface area contributed by atoms with Crippen molar-refractivity contribution in [1.29, 1.82) is 0 Å². The average Bonchev–Trinajstić information content (AvgIpc) is 2.83. The van der Waals surface area contributed by atoms with Gasteiger partial charge in [-0.1, -0.05) is 12.1 Å². The van der Waals surface area contributed by atoms with Gasteiger partial charge in [-0.15, -0.1) is 0 Å². The van der Waals surface area contributed by atoms with Gasteiger partial charge in [0.2, 0.25) is 0 Å². The molecule has 1 heterocycles. The van der Waals surface area contributed by atoms with E-state index in [2.05, 4.69) is 39.5 Å². The highest BCUT2D eigenvalue weighted by Gasteiger charge is 2.19. The van der Waals surface area contributed by atoms with Gasteiger partial charge in [-0.25, -0.2) is 0 Å². The number of aliphatic imine (C=N–C) groups is 1. The second-order valence-electron chi connectivity index (χ2n) is 7.44. The molecule has 1 fully saturated rings. The molecule has 0 aliphatic carbocycles. The van der Waals surface area contributed by atoms with E-state index in [0.29, 0.717) is 12.1 Å². The van der Waals surface area contributed by atoms with Crippen LogP contribution in [-0.2, 0) is 6.42 Å². The van der Waals surface area contributed by atoms with Crippen molar-refractivity contribution in [3.05, 3.63) is 59.7 Å². The highest BCUT2D eigenvalue weighted by Crippen LogP contribution is 2.20. The molecule has 2 N–H and O–H groups in total. The summed E-state index contributed by atoms with van der Waals surface area (Å²) in [4.78, 5) is 21.4. The largest absolute Gasteiger partial charge is 0.497 e. The maximum Gasteiger partial charge on any atom is 0.251 e. The van der Waals surface area contributed by atoms with Crippen LogP contribution in [0.5, 0.6) is 5.75 Å². The minimum absolute atomic E-state index is 0.0616. The van der Waals surface area contributed by atoms with E-state index in [9.17, 15) is 4.79 Å². The fourth-order valence-electron chi connectivity index (χ4n) is 3.70. The van der Waals surface area contributed by atoms with Crippen LogP contribution >= 0.6 is 0 Å². The molecule has 0 atom stereocenters. The van der Waals surface area contributed by atoms with Crippen LogP contribution in [0.4, 0.5) is 5.69 Å². The van der Waals surface area contributed by atoms with Gasteiger partial charge >= 0.3 is 0 Å². The predicted octanol–water partition coefficient (Wildman–Crippen LogP) is 2.38. The summed E-state index contributed by atoms with van der Waals surface area (Å²) in [5, 5.41) is 6.09. The van der Waals surface area contributed by atoms with Crippen LogP contribution in [0.15, 0.2) is 53.5 Å². The molecule has 31 heavy (non-hydrogen) atoms. The first kappa shape index (κ1) is 22.5. The Labute approximate surface area is 185 Å². The van der Waals surface area contributed by atoms with E-state index in [1.165, 1.54) is 5.69 Å². The number of benzene rings is 2. The number of anilines is 1. The highest BCUT2D eigenvalue weighted by molar-refractivity contribution is 5.94. The molecular weight excluding hydrogens is 390 g/mol. The number of carbonyl (C=O) groups excluding carboxylic acids is 1. The van der Waals surface area contributed by atoms with Gasteiger partial charge in [0.25, 0.3) is 5.91 Å². The normalized spacial score (nSPS) is 14.4. The van der Waals surface area contributed by atoms with Gasteiger partial charge in [-0.05, 0) is 55.3 Å². The molecule has 7 heteroatoms. The summed E-state index contributed by atoms with van der Waals surface area (Å²) in [6.45, 7) is 7.35. The molecule has 3 rings (SSSR count). The van der Waals surface area contributed by atoms with Crippen LogP contribution in [0.25, 0.3) is 0 Å². The minimum atomic E-state index is -0.0616. The summed E-state index contributed by atoms with van der Waals surface area (Å²) in [5.41, 5.74) is 3.02. The Balaban J connectivity index is 1.56. The molecular formula is C24H33N5O2. The zero-order valence-electron chi connectivity index (χ0n) is 18.7. The van der Waals surface area contributed by atoms with E-state index < -0.39 is 0 Å². The van der Waals surface area contributed by atoms with Gasteiger partial charge in [-0.3, -0.25) is 9.79 Å². The Morgan fingerprint density at radius 1 is 1.10 bits per heavy atom. The second-order valence-corrected chi connectivity index (χ2v) is 7.44. The van der Waals surface area contributed by atoms with E-state index in [1.807, 2.05) is 36.4 Å². The monoisotopic (exact) mass is 423 g/mol. The predicted molar refractivity (Wildman–Crippen MR) is 126 cm³/mol. The van der Waals surface area contributed by atoms with Gasteiger partial charge in [0.1, 0.15) is 5.75 Å². The molecule has 0 aromatic heterocycles. The number of nitrogens with zero attached hydrogens (tertiary/aromatic N) is 3. The minimum Gasteiger partial charge on any atom is -0.497 e. The summed E-state index contributed by atoms with van der Waals surface area (Å²) in [5.74, 6) is 1.78. The van der Waals surface area contributed by atoms with Crippen LogP contribution in [0.1, 0.15) is 22.8 Å². The Kier molecular flexibility index (Phi) is 8.15. The number of carbonyl (C=O) groups is 1. The van der Waals surface area contributed by atoms with Crippen molar-refractivity contribution >= 4 is 17.6 Å². The quantitative estimate of drug-likeness (QED) is 0.529. The number of methoxy groups -OCH3 is 1. The molecule has 1 amide bonds. The van der Waals surface area contributed by atoms with Gasteiger partial charge < -0.3 is 25.2 Å². The number of amides is 1. The van der Waals surface area contributed by atoms with Crippen LogP contribution < -0.4 is 20.3 Å². The Hall–Kier alpha value is -3.22. The summed E-state index contributed by atoms with van der Waals surface area (Å²) in [6, 6.07) is 16.0. The summed E-state index contributed by atoms with van der Waals surface area (Å²) in [6.07, 6.45) is 0.797. The SMILES string of the molecule is CCNC(=NCCc1cccc(C(=O)NC)c1)N1CCN(c2ccc(OC)cc2)CC1. The van der Waals surface area contributed by atoms with Gasteiger partial charge in [0.15, 0.2) is 5.96 Å². The van der Waals surface area contributed by atoms with Crippen molar-refractivity contribution in [3.8, 4) is 5.75 Å². The maximum absolute atomic E-state index is 11.8. The fraction of sp³-hybridized carbons (Fsp3) is 0.417. The lowest BCUT2D eigenvalue weighted by Crippen LogP contribution is -2.52. The van der Waals surface area contributed by atoms with E-state index >= 15 is 0 Å². The van der Waals surface area contributed by atoms with Gasteiger partial charge in [0.05, 0.1) is 7.11 Å². The topological polar surface area (TPSA) is 69.2 Å². The molecule has 0 unspecified atom stereocenters. The molecule has 2 aromatic rings. The Morgan fingerprint density at radius 3 is 2.48 bits per heavy atom. The van der Waals surface area contributed by atoms with Crippen molar-refractivity contribution in [2.45, 2.75) is 13.3 Å². The van der Waals surface area contributed by atoms with Crippen molar-refractivity contribution in [1.82, 2.24) is 15.5 Å². The highest BCUT2D eigenvalue weighted by atomic mass is 16.5. The zero-order chi connectivity index (χ0) is 22.1. The molecule has 1 aliphatic rings. The molecule has 0 bridgehead atoms. The lowest BCUT2D eigenvalue weighted by molar-refractivity contribution is 0.0963. The summed E-state index contributed by atoms with van der Waals surface area (Å²) < 4.78 is 5.25. The van der Waals surface area contributed by atoms with Crippen molar-refractivity contribution in [2.24, 2.45) is 4.99 Å². The molecule has 0 radical (unpaired) electrons. The molecule has 1 saturated heterocycles. The number of piperazine rings is 1. The first-order valence-corrected chi connectivity index (χ1v) is 10.9. The Bertz CT molecular complexity index is 874. The molecule has 0 spiro atoms. The number of nitrogens with one attached hydrogen (secondary N) is 2. The average molecular weight is 424 g/mol. The molecule has 166 valence electrons. The van der Waals surface area contributed by atoms with Crippen molar-refractivity contribution in [2.75, 3.05) is 58.3 Å². The van der Waals surface area contributed by atoms with E-state index in [1.54, 1.807) is 14.2 Å². The molecule has 7 nitrogen and oxygen atoms in total. The number of ether oxygens (including phenoxy) is 1. The number of hydrogen-bond donors (Lipinski definition) is 2. The standard InChI is InChI=1S/C24H33N5O2/c1-4-26-24(27-13-12-19-6-5-7-20(18-19)23(30)25-2)29-16-14-28(15-17-29)21-8-10-22(31-3)11-9-21/h5-11,18H,4,12-17H2,1-3H3,(H,25,30)(H,26,27). The fourth-order valence-corrected chi connectivity index (χ4v) is 3.70. The van der Waals surface area contributed by atoms with Gasteiger partial charge in [-0.2, -0.15) is 0 Å². The lowest BCUT2D eigenvalue weighted by atomic mass is 10.1. The van der Waals surface area contributed by atoms with Crippen LogP contribution in [0, 0.1) is 0 Å². The van der Waals surface area contributed by atoms with Crippen molar-refractivity contribution < 1.29 is 9.53 Å². The van der Waals surface area contributed by atoms with Crippen LogP contribution in [0.2, 0.25) is 0 Å². The number of guanidine groups is 1. The smallest absolute Gasteiger partial charge is 0.251 e. The number of rotatable bonds is 7. The third-order valence-corrected chi connectivity index (χ3v) is 5.43. The first-order valence-electron chi connectivity index (χ1n) is 10.9. The lowest BCUT2D eigenvalue weighted by Gasteiger charge is -2.37. The summed E-state index contributed by atoms with van der Waals surface area (Å²) in [7, 11) is 3.34. The first-order chi connectivity index (χ1) is 15.1. The second kappa shape index (κ2) is 11.2. The van der Waals surface area contributed by atoms with Crippen molar-refractivity contribution in [3.63, 3.8) is 0 Å². The van der Waals surface area contributed by atoms with E-state index in [4.69, 9.17) is 9.73 Å². The molecule has 2 aromatic carbocycles. The molecule has 1 aliphatic heterocycles. The summed E-state index contributed by atoms with van der Waals surface area (Å²) >= 11 is 0. The number of hydrogen-bond acceptors (Lipinski definition) is 4. The maximum atomic E-state index is 11.8. The van der Waals surface area contributed by atoms with Crippen LogP contribution in [-0.4, -0.2) is 70.2 Å². The zero-order valence-corrected chi connectivity index (χ0v) is 18.7. The van der Waals surface area contributed by atoms with E-state index in [-0.39, 0.29) is 5.91 Å². The van der Waals surface area contributed by atoms with Crippen LogP contribution in [0.3, 0.4) is 0 Å². The third-order valence-electron chi connectivity index (χ3n) is 5.43. The van der Waals surface area contributed by atoms with E-state index in [0.717, 1.165) is 56.4 Å². The van der Waals surface area contributed by atoms with Gasteiger partial charge in [0, 0.05) is 57.6 Å². The molecule has 0 saturated carbocycles.